The van der Waals surface area contributed by atoms with E-state index in [-0.39, 0.29) is 6.61 Å². The van der Waals surface area contributed by atoms with E-state index in [9.17, 15) is 4.79 Å². The lowest BCUT2D eigenvalue weighted by atomic mass is 10.2. The zero-order valence-corrected chi connectivity index (χ0v) is 18.5. The van der Waals surface area contributed by atoms with Gasteiger partial charge in [-0.05, 0) is 42.8 Å². The SMILES string of the molecule is COc1cc2ncnc(Oc3ccc(NC(=O)OCc4ccc(C)cc4)cc3)c2cc1OC. The summed E-state index contributed by atoms with van der Waals surface area (Å²) in [5.74, 6) is 2.04. The highest BCUT2D eigenvalue weighted by molar-refractivity contribution is 5.87. The Kier molecular flexibility index (Phi) is 6.54. The van der Waals surface area contributed by atoms with Crippen LogP contribution in [0.4, 0.5) is 10.5 Å². The van der Waals surface area contributed by atoms with E-state index in [0.29, 0.717) is 39.7 Å². The Morgan fingerprint density at radius 3 is 2.30 bits per heavy atom. The molecule has 3 aromatic carbocycles. The zero-order valence-electron chi connectivity index (χ0n) is 18.5. The van der Waals surface area contributed by atoms with Crippen molar-refractivity contribution in [3.8, 4) is 23.1 Å². The summed E-state index contributed by atoms with van der Waals surface area (Å²) >= 11 is 0. The molecule has 0 fully saturated rings. The van der Waals surface area contributed by atoms with E-state index in [0.717, 1.165) is 11.1 Å². The lowest BCUT2D eigenvalue weighted by Gasteiger charge is -2.12. The van der Waals surface area contributed by atoms with Gasteiger partial charge in [-0.15, -0.1) is 0 Å². The number of aryl methyl sites for hydroxylation is 1. The number of amides is 1. The number of hydrogen-bond acceptors (Lipinski definition) is 7. The van der Waals surface area contributed by atoms with E-state index in [1.165, 1.54) is 6.33 Å². The number of benzene rings is 3. The van der Waals surface area contributed by atoms with Gasteiger partial charge < -0.3 is 18.9 Å². The standard InChI is InChI=1S/C25H23N3O5/c1-16-4-6-17(7-5-16)14-32-25(29)28-18-8-10-19(11-9-18)33-24-20-12-22(30-2)23(31-3)13-21(20)26-15-27-24/h4-13,15H,14H2,1-3H3,(H,28,29). The fourth-order valence-electron chi connectivity index (χ4n) is 3.15. The van der Waals surface area contributed by atoms with Gasteiger partial charge in [-0.3, -0.25) is 5.32 Å². The maximum Gasteiger partial charge on any atom is 0.411 e. The Morgan fingerprint density at radius 1 is 0.909 bits per heavy atom. The van der Waals surface area contributed by atoms with Crippen LogP contribution < -0.4 is 19.5 Å². The number of ether oxygens (including phenoxy) is 4. The molecule has 168 valence electrons. The molecular formula is C25H23N3O5. The van der Waals surface area contributed by atoms with Crippen molar-refractivity contribution in [3.05, 3.63) is 78.1 Å². The van der Waals surface area contributed by atoms with Crippen molar-refractivity contribution < 1.29 is 23.7 Å². The number of fused-ring (bicyclic) bond motifs is 1. The summed E-state index contributed by atoms with van der Waals surface area (Å²) in [6.45, 7) is 2.20. The van der Waals surface area contributed by atoms with Crippen LogP contribution in [0, 0.1) is 6.92 Å². The Bertz CT molecular complexity index is 1260. The first-order valence-corrected chi connectivity index (χ1v) is 10.2. The van der Waals surface area contributed by atoms with Gasteiger partial charge in [-0.1, -0.05) is 29.8 Å². The number of aromatic nitrogens is 2. The molecule has 0 spiro atoms. The number of nitrogens with one attached hydrogen (secondary N) is 1. The topological polar surface area (TPSA) is 91.8 Å². The molecule has 1 N–H and O–H groups in total. The predicted molar refractivity (Wildman–Crippen MR) is 124 cm³/mol. The van der Waals surface area contributed by atoms with Crippen LogP contribution in [-0.2, 0) is 11.3 Å². The summed E-state index contributed by atoms with van der Waals surface area (Å²) in [5.41, 5.74) is 3.31. The minimum atomic E-state index is -0.535. The molecule has 0 unspecified atom stereocenters. The van der Waals surface area contributed by atoms with E-state index < -0.39 is 6.09 Å². The van der Waals surface area contributed by atoms with Crippen LogP contribution >= 0.6 is 0 Å². The van der Waals surface area contributed by atoms with Crippen LogP contribution in [0.1, 0.15) is 11.1 Å². The molecule has 0 aliphatic carbocycles. The Hall–Kier alpha value is -4.33. The molecule has 8 nitrogen and oxygen atoms in total. The molecule has 4 rings (SSSR count). The molecule has 1 aromatic heterocycles. The smallest absolute Gasteiger partial charge is 0.411 e. The van der Waals surface area contributed by atoms with Crippen LogP contribution in [-0.4, -0.2) is 30.3 Å². The molecule has 0 radical (unpaired) electrons. The van der Waals surface area contributed by atoms with E-state index >= 15 is 0 Å². The van der Waals surface area contributed by atoms with E-state index in [1.807, 2.05) is 31.2 Å². The highest BCUT2D eigenvalue weighted by Crippen LogP contribution is 2.35. The van der Waals surface area contributed by atoms with Crippen LogP contribution in [0.25, 0.3) is 10.9 Å². The van der Waals surface area contributed by atoms with Crippen molar-refractivity contribution in [2.45, 2.75) is 13.5 Å². The molecule has 0 saturated carbocycles. The monoisotopic (exact) mass is 445 g/mol. The number of hydrogen-bond donors (Lipinski definition) is 1. The highest BCUT2D eigenvalue weighted by Gasteiger charge is 2.13. The van der Waals surface area contributed by atoms with E-state index in [4.69, 9.17) is 18.9 Å². The highest BCUT2D eigenvalue weighted by atomic mass is 16.5. The second kappa shape index (κ2) is 9.86. The fraction of sp³-hybridized carbons (Fsp3) is 0.160. The maximum absolute atomic E-state index is 12.1. The average molecular weight is 445 g/mol. The molecule has 0 saturated heterocycles. The summed E-state index contributed by atoms with van der Waals surface area (Å²) in [5, 5.41) is 3.38. The Morgan fingerprint density at radius 2 is 1.61 bits per heavy atom. The molecule has 0 aliphatic heterocycles. The zero-order chi connectivity index (χ0) is 23.2. The molecule has 0 bridgehead atoms. The first-order valence-electron chi connectivity index (χ1n) is 10.2. The number of carbonyl (C=O) groups is 1. The van der Waals surface area contributed by atoms with Crippen LogP contribution in [0.15, 0.2) is 67.0 Å². The van der Waals surface area contributed by atoms with Gasteiger partial charge in [0.1, 0.15) is 18.7 Å². The largest absolute Gasteiger partial charge is 0.493 e. The normalized spacial score (nSPS) is 10.5. The van der Waals surface area contributed by atoms with Crippen LogP contribution in [0.2, 0.25) is 0 Å². The van der Waals surface area contributed by atoms with Crippen molar-refractivity contribution in [3.63, 3.8) is 0 Å². The third kappa shape index (κ3) is 5.30. The summed E-state index contributed by atoms with van der Waals surface area (Å²) in [4.78, 5) is 20.6. The molecule has 1 heterocycles. The first-order chi connectivity index (χ1) is 16.1. The maximum atomic E-state index is 12.1. The number of nitrogens with zero attached hydrogens (tertiary/aromatic N) is 2. The number of methoxy groups -OCH3 is 2. The lowest BCUT2D eigenvalue weighted by Crippen LogP contribution is -2.13. The second-order valence-corrected chi connectivity index (χ2v) is 7.22. The third-order valence-corrected chi connectivity index (χ3v) is 4.91. The molecule has 0 atom stereocenters. The summed E-state index contributed by atoms with van der Waals surface area (Å²) < 4.78 is 21.9. The lowest BCUT2D eigenvalue weighted by molar-refractivity contribution is 0.155. The van der Waals surface area contributed by atoms with Crippen molar-refractivity contribution in [1.82, 2.24) is 9.97 Å². The van der Waals surface area contributed by atoms with Gasteiger partial charge in [0.05, 0.1) is 25.1 Å². The van der Waals surface area contributed by atoms with Crippen molar-refractivity contribution in [1.29, 1.82) is 0 Å². The molecular weight excluding hydrogens is 422 g/mol. The first kappa shape index (κ1) is 21.9. The second-order valence-electron chi connectivity index (χ2n) is 7.22. The summed E-state index contributed by atoms with van der Waals surface area (Å²) in [7, 11) is 3.13. The molecule has 4 aromatic rings. The van der Waals surface area contributed by atoms with Crippen LogP contribution in [0.3, 0.4) is 0 Å². The van der Waals surface area contributed by atoms with E-state index in [2.05, 4.69) is 15.3 Å². The van der Waals surface area contributed by atoms with Gasteiger partial charge in [0, 0.05) is 11.8 Å². The summed E-state index contributed by atoms with van der Waals surface area (Å²) in [6.07, 6.45) is 0.885. The summed E-state index contributed by atoms with van der Waals surface area (Å²) in [6, 6.07) is 18.2. The fourth-order valence-corrected chi connectivity index (χ4v) is 3.15. The Balaban J connectivity index is 1.41. The van der Waals surface area contributed by atoms with Gasteiger partial charge in [-0.2, -0.15) is 0 Å². The minimum absolute atomic E-state index is 0.197. The minimum Gasteiger partial charge on any atom is -0.493 e. The van der Waals surface area contributed by atoms with Gasteiger partial charge in [0.15, 0.2) is 11.5 Å². The van der Waals surface area contributed by atoms with Crippen molar-refractivity contribution in [2.24, 2.45) is 0 Å². The van der Waals surface area contributed by atoms with Gasteiger partial charge in [-0.25, -0.2) is 14.8 Å². The number of carbonyl (C=O) groups excluding carboxylic acids is 1. The average Bonchev–Trinajstić information content (AvgIpc) is 2.84. The van der Waals surface area contributed by atoms with E-state index in [1.54, 1.807) is 50.6 Å². The quantitative estimate of drug-likeness (QED) is 0.402. The van der Waals surface area contributed by atoms with Gasteiger partial charge >= 0.3 is 6.09 Å². The molecule has 8 heteroatoms. The van der Waals surface area contributed by atoms with Crippen molar-refractivity contribution in [2.75, 3.05) is 19.5 Å². The third-order valence-electron chi connectivity index (χ3n) is 4.91. The van der Waals surface area contributed by atoms with Gasteiger partial charge in [0.2, 0.25) is 5.88 Å². The molecule has 33 heavy (non-hydrogen) atoms. The Labute approximate surface area is 191 Å². The van der Waals surface area contributed by atoms with Crippen LogP contribution in [0.5, 0.6) is 23.1 Å². The van der Waals surface area contributed by atoms with Crippen molar-refractivity contribution >= 4 is 22.7 Å². The molecule has 1 amide bonds. The number of anilines is 1. The number of rotatable bonds is 7. The molecule has 0 aliphatic rings. The predicted octanol–water partition coefficient (Wildman–Crippen LogP) is 5.50. The van der Waals surface area contributed by atoms with Gasteiger partial charge in [0.25, 0.3) is 0 Å².